The Balaban J connectivity index is 1.74. The monoisotopic (exact) mass is 286 g/mol. The van der Waals surface area contributed by atoms with Gasteiger partial charge in [-0.1, -0.05) is 6.92 Å². The molecule has 1 aliphatic rings. The van der Waals surface area contributed by atoms with E-state index in [0.717, 1.165) is 41.8 Å². The average Bonchev–Trinajstić information content (AvgIpc) is 2.53. The van der Waals surface area contributed by atoms with E-state index in [4.69, 9.17) is 9.47 Å². The highest BCUT2D eigenvalue weighted by Crippen LogP contribution is 2.33. The average molecular weight is 286 g/mol. The smallest absolute Gasteiger partial charge is 0.163 e. The number of nitrogens with one attached hydrogen (secondary N) is 2. The first-order valence-electron chi connectivity index (χ1n) is 7.08. The SMILES string of the molecule is CCCNc1cc(Nc2ccc3c(c2)OCCO3)ncn1. The van der Waals surface area contributed by atoms with E-state index < -0.39 is 0 Å². The molecule has 21 heavy (non-hydrogen) atoms. The fraction of sp³-hybridized carbons (Fsp3) is 0.333. The Labute approximate surface area is 123 Å². The number of anilines is 3. The zero-order chi connectivity index (χ0) is 14.5. The first-order valence-corrected chi connectivity index (χ1v) is 7.08. The Kier molecular flexibility index (Phi) is 4.04. The van der Waals surface area contributed by atoms with Crippen molar-refractivity contribution in [2.24, 2.45) is 0 Å². The van der Waals surface area contributed by atoms with Crippen LogP contribution in [0.25, 0.3) is 0 Å². The molecule has 0 radical (unpaired) electrons. The van der Waals surface area contributed by atoms with Crippen molar-refractivity contribution in [2.45, 2.75) is 13.3 Å². The number of fused-ring (bicyclic) bond motifs is 1. The van der Waals surface area contributed by atoms with Crippen LogP contribution >= 0.6 is 0 Å². The van der Waals surface area contributed by atoms with E-state index in [2.05, 4.69) is 27.5 Å². The highest BCUT2D eigenvalue weighted by Gasteiger charge is 2.11. The zero-order valence-corrected chi connectivity index (χ0v) is 11.9. The van der Waals surface area contributed by atoms with E-state index in [-0.39, 0.29) is 0 Å². The lowest BCUT2D eigenvalue weighted by Crippen LogP contribution is -2.15. The molecule has 0 amide bonds. The van der Waals surface area contributed by atoms with Crippen LogP contribution < -0.4 is 20.1 Å². The number of nitrogens with zero attached hydrogens (tertiary/aromatic N) is 2. The maximum absolute atomic E-state index is 5.57. The minimum absolute atomic E-state index is 0.578. The fourth-order valence-electron chi connectivity index (χ4n) is 2.04. The third-order valence-corrected chi connectivity index (χ3v) is 3.04. The lowest BCUT2D eigenvalue weighted by molar-refractivity contribution is 0.171. The van der Waals surface area contributed by atoms with Crippen molar-refractivity contribution in [3.05, 3.63) is 30.6 Å². The van der Waals surface area contributed by atoms with Gasteiger partial charge in [-0.25, -0.2) is 9.97 Å². The van der Waals surface area contributed by atoms with Crippen molar-refractivity contribution < 1.29 is 9.47 Å². The summed E-state index contributed by atoms with van der Waals surface area (Å²) in [6, 6.07) is 7.63. The van der Waals surface area contributed by atoms with Gasteiger partial charge in [-0.05, 0) is 18.6 Å². The van der Waals surface area contributed by atoms with Gasteiger partial charge in [0.15, 0.2) is 11.5 Å². The summed E-state index contributed by atoms with van der Waals surface area (Å²) in [5, 5.41) is 6.48. The molecule has 0 spiro atoms. The molecule has 6 nitrogen and oxygen atoms in total. The van der Waals surface area contributed by atoms with Crippen molar-refractivity contribution in [3.8, 4) is 11.5 Å². The summed E-state index contributed by atoms with van der Waals surface area (Å²) in [6.45, 7) is 4.18. The molecule has 0 bridgehead atoms. The Bertz CT molecular complexity index is 618. The molecular formula is C15H18N4O2. The van der Waals surface area contributed by atoms with E-state index in [1.807, 2.05) is 24.3 Å². The van der Waals surface area contributed by atoms with Crippen molar-refractivity contribution >= 4 is 17.3 Å². The number of ether oxygens (including phenoxy) is 2. The van der Waals surface area contributed by atoms with Crippen molar-refractivity contribution in [3.63, 3.8) is 0 Å². The third kappa shape index (κ3) is 3.34. The highest BCUT2D eigenvalue weighted by molar-refractivity contribution is 5.63. The lowest BCUT2D eigenvalue weighted by atomic mass is 10.2. The summed E-state index contributed by atoms with van der Waals surface area (Å²) < 4.78 is 11.1. The van der Waals surface area contributed by atoms with Crippen molar-refractivity contribution in [1.29, 1.82) is 0 Å². The molecule has 2 aromatic rings. The van der Waals surface area contributed by atoms with Crippen LogP contribution in [-0.4, -0.2) is 29.7 Å². The summed E-state index contributed by atoms with van der Waals surface area (Å²) in [5.74, 6) is 3.08. The number of aromatic nitrogens is 2. The topological polar surface area (TPSA) is 68.3 Å². The second-order valence-corrected chi connectivity index (χ2v) is 4.70. The predicted molar refractivity (Wildman–Crippen MR) is 81.5 cm³/mol. The molecule has 3 rings (SSSR count). The fourth-order valence-corrected chi connectivity index (χ4v) is 2.04. The van der Waals surface area contributed by atoms with Crippen LogP contribution in [0.5, 0.6) is 11.5 Å². The van der Waals surface area contributed by atoms with E-state index >= 15 is 0 Å². The maximum Gasteiger partial charge on any atom is 0.163 e. The number of benzene rings is 1. The van der Waals surface area contributed by atoms with E-state index in [0.29, 0.717) is 13.2 Å². The summed E-state index contributed by atoms with van der Waals surface area (Å²) in [5.41, 5.74) is 0.902. The zero-order valence-electron chi connectivity index (χ0n) is 11.9. The molecule has 1 aromatic heterocycles. The van der Waals surface area contributed by atoms with Gasteiger partial charge in [-0.2, -0.15) is 0 Å². The van der Waals surface area contributed by atoms with Gasteiger partial charge in [0.05, 0.1) is 0 Å². The third-order valence-electron chi connectivity index (χ3n) is 3.04. The normalized spacial score (nSPS) is 12.8. The van der Waals surface area contributed by atoms with Crippen molar-refractivity contribution in [1.82, 2.24) is 9.97 Å². The van der Waals surface area contributed by atoms with Crippen LogP contribution in [-0.2, 0) is 0 Å². The molecular weight excluding hydrogens is 268 g/mol. The van der Waals surface area contributed by atoms with Crippen LogP contribution in [0, 0.1) is 0 Å². The van der Waals surface area contributed by atoms with Gasteiger partial charge in [-0.15, -0.1) is 0 Å². The van der Waals surface area contributed by atoms with Crippen LogP contribution in [0.2, 0.25) is 0 Å². The van der Waals surface area contributed by atoms with E-state index in [1.54, 1.807) is 6.33 Å². The first kappa shape index (κ1) is 13.5. The molecule has 1 aliphatic heterocycles. The Hall–Kier alpha value is -2.50. The molecule has 0 saturated heterocycles. The molecule has 2 heterocycles. The molecule has 0 unspecified atom stereocenters. The quantitative estimate of drug-likeness (QED) is 0.881. The summed E-state index contributed by atoms with van der Waals surface area (Å²) >= 11 is 0. The molecule has 2 N–H and O–H groups in total. The predicted octanol–water partition coefficient (Wildman–Crippen LogP) is 2.81. The minimum Gasteiger partial charge on any atom is -0.486 e. The maximum atomic E-state index is 5.57. The summed E-state index contributed by atoms with van der Waals surface area (Å²) in [6.07, 6.45) is 2.59. The summed E-state index contributed by atoms with van der Waals surface area (Å²) in [7, 11) is 0. The minimum atomic E-state index is 0.578. The van der Waals surface area contributed by atoms with Crippen molar-refractivity contribution in [2.75, 3.05) is 30.4 Å². The summed E-state index contributed by atoms with van der Waals surface area (Å²) in [4.78, 5) is 8.40. The van der Waals surface area contributed by atoms with Gasteiger partial charge in [-0.3, -0.25) is 0 Å². The van der Waals surface area contributed by atoms with Gasteiger partial charge in [0.2, 0.25) is 0 Å². The number of rotatable bonds is 5. The molecule has 0 aliphatic carbocycles. The Morgan fingerprint density at radius 1 is 1.05 bits per heavy atom. The van der Waals surface area contributed by atoms with Crippen LogP contribution in [0.1, 0.15) is 13.3 Å². The molecule has 6 heteroatoms. The second-order valence-electron chi connectivity index (χ2n) is 4.70. The van der Waals surface area contributed by atoms with E-state index in [1.165, 1.54) is 0 Å². The largest absolute Gasteiger partial charge is 0.486 e. The van der Waals surface area contributed by atoms with Crippen LogP contribution in [0.3, 0.4) is 0 Å². The first-order chi connectivity index (χ1) is 10.3. The lowest BCUT2D eigenvalue weighted by Gasteiger charge is -2.19. The van der Waals surface area contributed by atoms with Gasteiger partial charge < -0.3 is 20.1 Å². The molecule has 0 saturated carbocycles. The number of hydrogen-bond donors (Lipinski definition) is 2. The molecule has 0 fully saturated rings. The van der Waals surface area contributed by atoms with Crippen LogP contribution in [0.4, 0.5) is 17.3 Å². The molecule has 110 valence electrons. The van der Waals surface area contributed by atoms with Gasteiger partial charge in [0, 0.05) is 24.4 Å². The van der Waals surface area contributed by atoms with Crippen LogP contribution in [0.15, 0.2) is 30.6 Å². The van der Waals surface area contributed by atoms with Gasteiger partial charge in [0.1, 0.15) is 31.2 Å². The Morgan fingerprint density at radius 2 is 1.86 bits per heavy atom. The Morgan fingerprint density at radius 3 is 2.71 bits per heavy atom. The molecule has 1 aromatic carbocycles. The number of hydrogen-bond acceptors (Lipinski definition) is 6. The standard InChI is InChI=1S/C15H18N4O2/c1-2-5-16-14-9-15(18-10-17-14)19-11-3-4-12-13(8-11)21-7-6-20-12/h3-4,8-10H,2,5-7H2,1H3,(H2,16,17,18,19). The van der Waals surface area contributed by atoms with Gasteiger partial charge in [0.25, 0.3) is 0 Å². The molecule has 0 atom stereocenters. The second kappa shape index (κ2) is 6.30. The highest BCUT2D eigenvalue weighted by atomic mass is 16.6. The van der Waals surface area contributed by atoms with E-state index in [9.17, 15) is 0 Å². The van der Waals surface area contributed by atoms with Gasteiger partial charge >= 0.3 is 0 Å².